The van der Waals surface area contributed by atoms with Gasteiger partial charge in [0, 0.05) is 24.0 Å². The zero-order valence-corrected chi connectivity index (χ0v) is 10.2. The zero-order valence-electron chi connectivity index (χ0n) is 9.44. The number of nitrogens with one attached hydrogen (secondary N) is 1. The molecule has 88 valence electrons. The van der Waals surface area contributed by atoms with Crippen molar-refractivity contribution in [3.05, 3.63) is 54.1 Å². The van der Waals surface area contributed by atoms with Crippen molar-refractivity contribution in [1.82, 2.24) is 9.97 Å². The van der Waals surface area contributed by atoms with Crippen molar-refractivity contribution in [3.8, 4) is 0 Å². The summed E-state index contributed by atoms with van der Waals surface area (Å²) in [5, 5.41) is 3.27. The number of rotatable bonds is 5. The van der Waals surface area contributed by atoms with Crippen LogP contribution in [0, 0.1) is 0 Å². The van der Waals surface area contributed by atoms with Gasteiger partial charge in [0.05, 0.1) is 6.54 Å². The SMILES string of the molecule is ClCCc1ccc(NCc2ncccn2)cc1. The summed E-state index contributed by atoms with van der Waals surface area (Å²) in [6, 6.07) is 10.1. The summed E-state index contributed by atoms with van der Waals surface area (Å²) in [7, 11) is 0. The van der Waals surface area contributed by atoms with Gasteiger partial charge in [-0.3, -0.25) is 0 Å². The number of hydrogen-bond acceptors (Lipinski definition) is 3. The minimum Gasteiger partial charge on any atom is -0.378 e. The first kappa shape index (κ1) is 11.9. The lowest BCUT2D eigenvalue weighted by atomic mass is 10.1. The molecule has 0 amide bonds. The maximum absolute atomic E-state index is 5.68. The minimum atomic E-state index is 0.635. The van der Waals surface area contributed by atoms with Gasteiger partial charge in [-0.25, -0.2) is 9.97 Å². The maximum Gasteiger partial charge on any atom is 0.147 e. The van der Waals surface area contributed by atoms with Gasteiger partial charge in [-0.05, 0) is 30.2 Å². The Labute approximate surface area is 106 Å². The first-order valence-electron chi connectivity index (χ1n) is 5.53. The summed E-state index contributed by atoms with van der Waals surface area (Å²) in [5.41, 5.74) is 2.32. The van der Waals surface area contributed by atoms with Crippen molar-refractivity contribution in [2.75, 3.05) is 11.2 Å². The van der Waals surface area contributed by atoms with E-state index in [0.29, 0.717) is 12.4 Å². The van der Waals surface area contributed by atoms with Gasteiger partial charge in [-0.2, -0.15) is 0 Å². The lowest BCUT2D eigenvalue weighted by Gasteiger charge is -2.06. The molecular formula is C13H14ClN3. The van der Waals surface area contributed by atoms with Crippen LogP contribution in [0.25, 0.3) is 0 Å². The molecule has 0 atom stereocenters. The molecule has 0 saturated carbocycles. The van der Waals surface area contributed by atoms with Crippen LogP contribution in [0.5, 0.6) is 0 Å². The van der Waals surface area contributed by atoms with Gasteiger partial charge in [-0.1, -0.05) is 12.1 Å². The minimum absolute atomic E-state index is 0.635. The molecule has 4 heteroatoms. The lowest BCUT2D eigenvalue weighted by Crippen LogP contribution is -2.03. The van der Waals surface area contributed by atoms with Crippen LogP contribution in [0.1, 0.15) is 11.4 Å². The largest absolute Gasteiger partial charge is 0.378 e. The molecule has 0 saturated heterocycles. The van der Waals surface area contributed by atoms with E-state index in [1.165, 1.54) is 5.56 Å². The fourth-order valence-corrected chi connectivity index (χ4v) is 1.72. The molecule has 0 aliphatic carbocycles. The molecule has 0 radical (unpaired) electrons. The fourth-order valence-electron chi connectivity index (χ4n) is 1.50. The van der Waals surface area contributed by atoms with Crippen LogP contribution in [0.15, 0.2) is 42.7 Å². The van der Waals surface area contributed by atoms with E-state index >= 15 is 0 Å². The van der Waals surface area contributed by atoms with Crippen molar-refractivity contribution < 1.29 is 0 Å². The van der Waals surface area contributed by atoms with Crippen molar-refractivity contribution in [2.24, 2.45) is 0 Å². The first-order valence-corrected chi connectivity index (χ1v) is 6.06. The van der Waals surface area contributed by atoms with Gasteiger partial charge in [0.1, 0.15) is 5.82 Å². The quantitative estimate of drug-likeness (QED) is 0.826. The Kier molecular flexibility index (Phi) is 4.33. The molecule has 1 aromatic carbocycles. The number of hydrogen-bond donors (Lipinski definition) is 1. The average Bonchev–Trinajstić information content (AvgIpc) is 2.40. The summed E-state index contributed by atoms with van der Waals surface area (Å²) in [4.78, 5) is 8.30. The summed E-state index contributed by atoms with van der Waals surface area (Å²) >= 11 is 5.68. The molecule has 2 aromatic rings. The second-order valence-corrected chi connectivity index (χ2v) is 4.03. The summed E-state index contributed by atoms with van der Waals surface area (Å²) in [6.45, 7) is 0.635. The Hall–Kier alpha value is -1.61. The molecule has 0 spiro atoms. The van der Waals surface area contributed by atoms with Crippen LogP contribution in [0.3, 0.4) is 0 Å². The van der Waals surface area contributed by atoms with Crippen LogP contribution in [-0.2, 0) is 13.0 Å². The third-order valence-corrected chi connectivity index (χ3v) is 2.60. The molecule has 0 fully saturated rings. The second kappa shape index (κ2) is 6.21. The summed E-state index contributed by atoms with van der Waals surface area (Å²) in [6.07, 6.45) is 4.39. The van der Waals surface area contributed by atoms with Gasteiger partial charge >= 0.3 is 0 Å². The first-order chi connectivity index (χ1) is 8.38. The van der Waals surface area contributed by atoms with Crippen molar-refractivity contribution in [3.63, 3.8) is 0 Å². The van der Waals surface area contributed by atoms with Gasteiger partial charge in [-0.15, -0.1) is 11.6 Å². The molecule has 1 N–H and O–H groups in total. The number of aromatic nitrogens is 2. The lowest BCUT2D eigenvalue weighted by molar-refractivity contribution is 0.948. The Morgan fingerprint density at radius 1 is 1.06 bits per heavy atom. The Morgan fingerprint density at radius 3 is 2.41 bits per heavy atom. The van der Waals surface area contributed by atoms with E-state index in [4.69, 9.17) is 11.6 Å². The molecule has 2 rings (SSSR count). The van der Waals surface area contributed by atoms with Crippen LogP contribution in [0.2, 0.25) is 0 Å². The van der Waals surface area contributed by atoms with Gasteiger partial charge < -0.3 is 5.32 Å². The average molecular weight is 248 g/mol. The number of benzene rings is 1. The predicted octanol–water partition coefficient (Wildman–Crippen LogP) is 2.87. The third-order valence-electron chi connectivity index (χ3n) is 2.41. The highest BCUT2D eigenvalue weighted by atomic mass is 35.5. The monoisotopic (exact) mass is 247 g/mol. The predicted molar refractivity (Wildman–Crippen MR) is 70.2 cm³/mol. The molecule has 1 aromatic heterocycles. The Bertz CT molecular complexity index is 442. The van der Waals surface area contributed by atoms with E-state index < -0.39 is 0 Å². The highest BCUT2D eigenvalue weighted by Gasteiger charge is 1.96. The molecule has 17 heavy (non-hydrogen) atoms. The van der Waals surface area contributed by atoms with Crippen molar-refractivity contribution in [1.29, 1.82) is 0 Å². The van der Waals surface area contributed by atoms with Crippen LogP contribution < -0.4 is 5.32 Å². The topological polar surface area (TPSA) is 37.8 Å². The number of anilines is 1. The number of nitrogens with zero attached hydrogens (tertiary/aromatic N) is 2. The molecule has 1 heterocycles. The van der Waals surface area contributed by atoms with E-state index in [2.05, 4.69) is 27.4 Å². The van der Waals surface area contributed by atoms with E-state index in [9.17, 15) is 0 Å². The summed E-state index contributed by atoms with van der Waals surface area (Å²) < 4.78 is 0. The number of aryl methyl sites for hydroxylation is 1. The van der Waals surface area contributed by atoms with Gasteiger partial charge in [0.2, 0.25) is 0 Å². The molecular weight excluding hydrogens is 234 g/mol. The molecule has 0 bridgehead atoms. The third kappa shape index (κ3) is 3.71. The highest BCUT2D eigenvalue weighted by Crippen LogP contribution is 2.11. The van der Waals surface area contributed by atoms with Crippen molar-refractivity contribution >= 4 is 17.3 Å². The molecule has 0 aliphatic heterocycles. The van der Waals surface area contributed by atoms with E-state index in [-0.39, 0.29) is 0 Å². The fraction of sp³-hybridized carbons (Fsp3) is 0.231. The second-order valence-electron chi connectivity index (χ2n) is 3.65. The number of alkyl halides is 1. The zero-order chi connectivity index (χ0) is 11.9. The smallest absolute Gasteiger partial charge is 0.147 e. The van der Waals surface area contributed by atoms with E-state index in [1.807, 2.05) is 18.2 Å². The van der Waals surface area contributed by atoms with Crippen LogP contribution in [0.4, 0.5) is 5.69 Å². The Balaban J connectivity index is 1.91. The highest BCUT2D eigenvalue weighted by molar-refractivity contribution is 6.17. The maximum atomic E-state index is 5.68. The standard InChI is InChI=1S/C13H14ClN3/c14-7-6-11-2-4-12(5-3-11)17-10-13-15-8-1-9-16-13/h1-5,8-9,17H,6-7,10H2. The van der Waals surface area contributed by atoms with Crippen LogP contribution >= 0.6 is 11.6 Å². The van der Waals surface area contributed by atoms with Gasteiger partial charge in [0.15, 0.2) is 0 Å². The van der Waals surface area contributed by atoms with E-state index in [1.54, 1.807) is 12.4 Å². The van der Waals surface area contributed by atoms with Crippen molar-refractivity contribution in [2.45, 2.75) is 13.0 Å². The molecule has 0 unspecified atom stereocenters. The normalized spacial score (nSPS) is 10.2. The van der Waals surface area contributed by atoms with Crippen LogP contribution in [-0.4, -0.2) is 15.8 Å². The molecule has 3 nitrogen and oxygen atoms in total. The Morgan fingerprint density at radius 2 is 1.76 bits per heavy atom. The number of halogens is 1. The van der Waals surface area contributed by atoms with Gasteiger partial charge in [0.25, 0.3) is 0 Å². The molecule has 0 aliphatic rings. The van der Waals surface area contributed by atoms with E-state index in [0.717, 1.165) is 17.9 Å². The summed E-state index contributed by atoms with van der Waals surface area (Å²) in [5.74, 6) is 1.45.